The molecule has 178 valence electrons. The molecule has 1 aliphatic heterocycles. The Hall–Kier alpha value is -3.82. The van der Waals surface area contributed by atoms with Gasteiger partial charge in [0.1, 0.15) is 11.6 Å². The van der Waals surface area contributed by atoms with Crippen molar-refractivity contribution in [3.8, 4) is 11.5 Å². The van der Waals surface area contributed by atoms with Gasteiger partial charge in [-0.15, -0.1) is 0 Å². The van der Waals surface area contributed by atoms with Crippen LogP contribution in [0.25, 0.3) is 11.0 Å². The number of halogens is 3. The third-order valence-electron chi connectivity index (χ3n) is 5.50. The molecule has 0 bridgehead atoms. The third-order valence-corrected chi connectivity index (χ3v) is 5.74. The molecule has 3 aromatic carbocycles. The Bertz CT molecular complexity index is 1390. The number of piperazine rings is 1. The highest BCUT2D eigenvalue weighted by Crippen LogP contribution is 2.32. The van der Waals surface area contributed by atoms with Gasteiger partial charge in [0.15, 0.2) is 17.4 Å². The number of hydrogen-bond acceptors (Lipinski definition) is 6. The predicted octanol–water partition coefficient (Wildman–Crippen LogP) is 5.02. The SMILES string of the molecule is O=C(Nc1cc(F)c(Oc2ccc3ncc(N4CCNCC4)nc3c2)c(F)c1)c1cccc(Cl)c1. The van der Waals surface area contributed by atoms with E-state index in [0.717, 1.165) is 44.1 Å². The summed E-state index contributed by atoms with van der Waals surface area (Å²) < 4.78 is 35.0. The average molecular weight is 496 g/mol. The van der Waals surface area contributed by atoms with Crippen molar-refractivity contribution in [1.29, 1.82) is 0 Å². The van der Waals surface area contributed by atoms with Gasteiger partial charge in [-0.1, -0.05) is 17.7 Å². The van der Waals surface area contributed by atoms with Crippen LogP contribution >= 0.6 is 11.6 Å². The third kappa shape index (κ3) is 5.16. The summed E-state index contributed by atoms with van der Waals surface area (Å²) in [4.78, 5) is 23.6. The predicted molar refractivity (Wildman–Crippen MR) is 130 cm³/mol. The quantitative estimate of drug-likeness (QED) is 0.405. The fraction of sp³-hybridized carbons (Fsp3) is 0.160. The van der Waals surface area contributed by atoms with Crippen molar-refractivity contribution < 1.29 is 18.3 Å². The maximum Gasteiger partial charge on any atom is 0.255 e. The molecule has 5 rings (SSSR count). The Morgan fingerprint density at radius 3 is 2.54 bits per heavy atom. The molecule has 1 amide bonds. The van der Waals surface area contributed by atoms with Gasteiger partial charge in [0.25, 0.3) is 5.91 Å². The molecule has 4 aromatic rings. The van der Waals surface area contributed by atoms with Gasteiger partial charge in [-0.05, 0) is 30.3 Å². The molecule has 0 unspecified atom stereocenters. The zero-order chi connectivity index (χ0) is 24.4. The van der Waals surface area contributed by atoms with Crippen LogP contribution in [0.1, 0.15) is 10.4 Å². The lowest BCUT2D eigenvalue weighted by atomic mass is 10.2. The molecule has 10 heteroatoms. The van der Waals surface area contributed by atoms with Crippen LogP contribution < -0.4 is 20.3 Å². The van der Waals surface area contributed by atoms with Gasteiger partial charge in [0.2, 0.25) is 0 Å². The van der Waals surface area contributed by atoms with E-state index in [-0.39, 0.29) is 17.0 Å². The first-order valence-corrected chi connectivity index (χ1v) is 11.3. The molecule has 1 aliphatic rings. The molecular formula is C25H20ClF2N5O2. The maximum atomic E-state index is 14.8. The van der Waals surface area contributed by atoms with Gasteiger partial charge in [0.05, 0.1) is 17.2 Å². The Balaban J connectivity index is 1.36. The Morgan fingerprint density at radius 2 is 1.80 bits per heavy atom. The molecule has 1 saturated heterocycles. The van der Waals surface area contributed by atoms with Gasteiger partial charge in [0, 0.05) is 60.7 Å². The second-order valence-corrected chi connectivity index (χ2v) is 8.39. The zero-order valence-electron chi connectivity index (χ0n) is 18.4. The van der Waals surface area contributed by atoms with E-state index >= 15 is 0 Å². The number of amides is 1. The van der Waals surface area contributed by atoms with Crippen molar-refractivity contribution in [3.63, 3.8) is 0 Å². The number of nitrogens with one attached hydrogen (secondary N) is 2. The fourth-order valence-electron chi connectivity index (χ4n) is 3.77. The summed E-state index contributed by atoms with van der Waals surface area (Å²) in [6, 6.07) is 13.0. The molecule has 35 heavy (non-hydrogen) atoms. The Labute approximate surface area is 204 Å². The summed E-state index contributed by atoms with van der Waals surface area (Å²) in [5.41, 5.74) is 1.39. The van der Waals surface area contributed by atoms with Crippen LogP contribution in [0.2, 0.25) is 5.02 Å². The van der Waals surface area contributed by atoms with Crippen LogP contribution in [0.5, 0.6) is 11.5 Å². The molecule has 1 aromatic heterocycles. The first-order valence-electron chi connectivity index (χ1n) is 10.9. The van der Waals surface area contributed by atoms with Crippen molar-refractivity contribution in [3.05, 3.63) is 83.0 Å². The number of anilines is 2. The topological polar surface area (TPSA) is 79.4 Å². The van der Waals surface area contributed by atoms with E-state index in [2.05, 4.69) is 25.5 Å². The number of carbonyl (C=O) groups excluding carboxylic acids is 1. The van der Waals surface area contributed by atoms with Crippen molar-refractivity contribution in [2.24, 2.45) is 0 Å². The highest BCUT2D eigenvalue weighted by atomic mass is 35.5. The molecule has 0 saturated carbocycles. The van der Waals surface area contributed by atoms with E-state index in [4.69, 9.17) is 16.3 Å². The van der Waals surface area contributed by atoms with Crippen molar-refractivity contribution >= 4 is 40.0 Å². The van der Waals surface area contributed by atoms with Gasteiger partial charge in [-0.25, -0.2) is 13.8 Å². The average Bonchev–Trinajstić information content (AvgIpc) is 2.86. The molecule has 2 N–H and O–H groups in total. The smallest absolute Gasteiger partial charge is 0.255 e. The first-order chi connectivity index (χ1) is 17.0. The van der Waals surface area contributed by atoms with Crippen molar-refractivity contribution in [2.75, 3.05) is 36.4 Å². The highest BCUT2D eigenvalue weighted by Gasteiger charge is 2.17. The van der Waals surface area contributed by atoms with Crippen molar-refractivity contribution in [2.45, 2.75) is 0 Å². The summed E-state index contributed by atoms with van der Waals surface area (Å²) >= 11 is 5.89. The number of nitrogens with zero attached hydrogens (tertiary/aromatic N) is 3. The molecular weight excluding hydrogens is 476 g/mol. The normalized spacial score (nSPS) is 13.6. The Kier molecular flexibility index (Phi) is 6.43. The summed E-state index contributed by atoms with van der Waals surface area (Å²) in [5, 5.41) is 6.12. The minimum atomic E-state index is -0.966. The van der Waals surface area contributed by atoms with E-state index in [0.29, 0.717) is 16.1 Å². The summed E-state index contributed by atoms with van der Waals surface area (Å²) in [5.74, 6) is -2.13. The van der Waals surface area contributed by atoms with E-state index in [1.165, 1.54) is 6.07 Å². The van der Waals surface area contributed by atoms with Gasteiger partial charge >= 0.3 is 0 Å². The van der Waals surface area contributed by atoms with E-state index < -0.39 is 23.3 Å². The highest BCUT2D eigenvalue weighted by molar-refractivity contribution is 6.31. The largest absolute Gasteiger partial charge is 0.451 e. The molecule has 0 atom stereocenters. The summed E-state index contributed by atoms with van der Waals surface area (Å²) in [7, 11) is 0. The number of hydrogen-bond donors (Lipinski definition) is 2. The van der Waals surface area contributed by atoms with Gasteiger partial charge < -0.3 is 20.3 Å². The molecule has 0 spiro atoms. The van der Waals surface area contributed by atoms with Crippen LogP contribution in [-0.2, 0) is 0 Å². The molecule has 0 aliphatic carbocycles. The van der Waals surface area contributed by atoms with Crippen molar-refractivity contribution in [1.82, 2.24) is 15.3 Å². The summed E-state index contributed by atoms with van der Waals surface area (Å²) in [6.07, 6.45) is 1.71. The second-order valence-electron chi connectivity index (χ2n) is 7.95. The minimum absolute atomic E-state index is 0.0534. The van der Waals surface area contributed by atoms with E-state index in [9.17, 15) is 13.6 Å². The van der Waals surface area contributed by atoms with Crippen LogP contribution in [-0.4, -0.2) is 42.1 Å². The maximum absolute atomic E-state index is 14.8. The lowest BCUT2D eigenvalue weighted by Crippen LogP contribution is -2.43. The number of benzene rings is 3. The molecule has 2 heterocycles. The lowest BCUT2D eigenvalue weighted by Gasteiger charge is -2.28. The van der Waals surface area contributed by atoms with Crippen LogP contribution in [0, 0.1) is 11.6 Å². The zero-order valence-corrected chi connectivity index (χ0v) is 19.1. The van der Waals surface area contributed by atoms with Crippen LogP contribution in [0.4, 0.5) is 20.3 Å². The molecule has 0 radical (unpaired) electrons. The number of rotatable bonds is 5. The van der Waals surface area contributed by atoms with Gasteiger partial charge in [-0.2, -0.15) is 0 Å². The number of aromatic nitrogens is 2. The lowest BCUT2D eigenvalue weighted by molar-refractivity contribution is 0.102. The molecule has 7 nitrogen and oxygen atoms in total. The van der Waals surface area contributed by atoms with E-state index in [1.54, 1.807) is 42.6 Å². The number of carbonyl (C=O) groups is 1. The fourth-order valence-corrected chi connectivity index (χ4v) is 3.96. The monoisotopic (exact) mass is 495 g/mol. The van der Waals surface area contributed by atoms with Crippen LogP contribution in [0.15, 0.2) is 60.8 Å². The standard InChI is InChI=1S/C25H20ClF2N5O2/c26-16-3-1-2-15(10-16)25(34)31-17-11-19(27)24(20(28)12-17)35-18-4-5-21-22(13-18)32-23(14-30-21)33-8-6-29-7-9-33/h1-5,10-14,29H,6-9H2,(H,31,34). The molecule has 1 fully saturated rings. The first kappa shape index (κ1) is 22.9. The van der Waals surface area contributed by atoms with Crippen LogP contribution in [0.3, 0.4) is 0 Å². The minimum Gasteiger partial charge on any atom is -0.451 e. The van der Waals surface area contributed by atoms with Gasteiger partial charge in [-0.3, -0.25) is 9.78 Å². The summed E-state index contributed by atoms with van der Waals surface area (Å²) in [6.45, 7) is 3.34. The second kappa shape index (κ2) is 9.81. The number of fused-ring (bicyclic) bond motifs is 1. The van der Waals surface area contributed by atoms with E-state index in [1.807, 2.05) is 0 Å². The number of ether oxygens (including phenoxy) is 1. The Morgan fingerprint density at radius 1 is 1.03 bits per heavy atom.